The van der Waals surface area contributed by atoms with Gasteiger partial charge in [-0.2, -0.15) is 0 Å². The van der Waals surface area contributed by atoms with Gasteiger partial charge in [0.25, 0.3) is 0 Å². The van der Waals surface area contributed by atoms with E-state index in [4.69, 9.17) is 15.0 Å². The van der Waals surface area contributed by atoms with Crippen molar-refractivity contribution in [2.24, 2.45) is 0 Å². The fraction of sp³-hybridized carbons (Fsp3) is 0.0377. The molecule has 3 nitrogen and oxygen atoms in total. The molecule has 56 heavy (non-hydrogen) atoms. The quantitative estimate of drug-likeness (QED) is 0.183. The van der Waals surface area contributed by atoms with E-state index in [0.717, 1.165) is 23.1 Å². The Kier molecular flexibility index (Phi) is 6.61. The van der Waals surface area contributed by atoms with Crippen molar-refractivity contribution >= 4 is 0 Å². The van der Waals surface area contributed by atoms with Crippen LogP contribution in [0.2, 0.25) is 0 Å². The summed E-state index contributed by atoms with van der Waals surface area (Å²) < 4.78 is 0. The number of rotatable bonds is 3. The van der Waals surface area contributed by atoms with Crippen molar-refractivity contribution in [3.05, 3.63) is 221 Å². The van der Waals surface area contributed by atoms with Crippen LogP contribution >= 0.6 is 0 Å². The van der Waals surface area contributed by atoms with Gasteiger partial charge in [-0.1, -0.05) is 182 Å². The van der Waals surface area contributed by atoms with Gasteiger partial charge in [0, 0.05) is 16.7 Å². The topological polar surface area (TPSA) is 38.7 Å². The lowest BCUT2D eigenvalue weighted by Gasteiger charge is -2.35. The van der Waals surface area contributed by atoms with E-state index in [0.29, 0.717) is 17.5 Å². The fourth-order valence-corrected chi connectivity index (χ4v) is 9.90. The molecule has 0 bridgehead atoms. The van der Waals surface area contributed by atoms with Gasteiger partial charge in [0.2, 0.25) is 0 Å². The molecule has 3 aliphatic carbocycles. The van der Waals surface area contributed by atoms with Crippen molar-refractivity contribution in [1.82, 2.24) is 15.0 Å². The Morgan fingerprint density at radius 3 is 1.43 bits per heavy atom. The van der Waals surface area contributed by atoms with E-state index in [1.54, 1.807) is 0 Å². The Morgan fingerprint density at radius 1 is 0.304 bits per heavy atom. The lowest BCUT2D eigenvalue weighted by Crippen LogP contribution is -2.29. The largest absolute Gasteiger partial charge is 0.208 e. The third-order valence-corrected chi connectivity index (χ3v) is 12.2. The highest BCUT2D eigenvalue weighted by Crippen LogP contribution is 2.61. The Bertz CT molecular complexity index is 3020. The average Bonchev–Trinajstić information content (AvgIpc) is 3.77. The molecule has 0 saturated heterocycles. The summed E-state index contributed by atoms with van der Waals surface area (Å²) in [5.74, 6) is 1.99. The predicted octanol–water partition coefficient (Wildman–Crippen LogP) is 12.5. The Labute approximate surface area is 325 Å². The molecule has 1 aromatic heterocycles. The molecule has 0 fully saturated rings. The van der Waals surface area contributed by atoms with Crippen LogP contribution in [0.5, 0.6) is 0 Å². The van der Waals surface area contributed by atoms with Gasteiger partial charge in [-0.15, -0.1) is 0 Å². The number of fused-ring (bicyclic) bond motifs is 15. The van der Waals surface area contributed by atoms with Gasteiger partial charge in [-0.3, -0.25) is 0 Å². The first-order valence-electron chi connectivity index (χ1n) is 19.3. The third kappa shape index (κ3) is 4.31. The zero-order valence-electron chi connectivity index (χ0n) is 30.4. The van der Waals surface area contributed by atoms with Gasteiger partial charge in [-0.25, -0.2) is 15.0 Å². The van der Waals surface area contributed by atoms with Crippen LogP contribution in [0.25, 0.3) is 78.7 Å². The Balaban J connectivity index is 1.17. The van der Waals surface area contributed by atoms with E-state index in [9.17, 15) is 0 Å². The predicted molar refractivity (Wildman–Crippen MR) is 226 cm³/mol. The summed E-state index contributed by atoms with van der Waals surface area (Å²) in [6.45, 7) is 0. The maximum atomic E-state index is 5.39. The molecule has 12 rings (SSSR count). The normalized spacial score (nSPS) is 13.4. The Morgan fingerprint density at radius 2 is 0.768 bits per heavy atom. The lowest BCUT2D eigenvalue weighted by atomic mass is 9.65. The molecule has 8 aromatic carbocycles. The van der Waals surface area contributed by atoms with E-state index in [-0.39, 0.29) is 0 Å². The van der Waals surface area contributed by atoms with Crippen LogP contribution in [0, 0.1) is 0 Å². The van der Waals surface area contributed by atoms with E-state index in [1.807, 2.05) is 18.2 Å². The number of hydrogen-bond donors (Lipinski definition) is 0. The molecule has 0 unspecified atom stereocenters. The van der Waals surface area contributed by atoms with Gasteiger partial charge in [0.05, 0.1) is 5.41 Å². The van der Waals surface area contributed by atoms with Crippen molar-refractivity contribution in [3.63, 3.8) is 0 Å². The molecule has 0 radical (unpaired) electrons. The zero-order chi connectivity index (χ0) is 36.8. The van der Waals surface area contributed by atoms with Gasteiger partial charge in [-0.05, 0) is 90.4 Å². The Hall–Kier alpha value is -7.23. The molecular weight excluding hydrogens is 679 g/mol. The highest BCUT2D eigenvalue weighted by molar-refractivity contribution is 5.98. The monoisotopic (exact) mass is 711 g/mol. The SMILES string of the molecule is c1ccc(-c2nc(-c3ccc4c(c3)C3(c5ccccc5-c5ccccc5-4)c4ccccc4-c4ccccc43)nc(-c3cccc4c3-c3ccccc3C4)n2)cc1. The molecule has 3 heteroatoms. The minimum atomic E-state index is -0.587. The van der Waals surface area contributed by atoms with E-state index in [1.165, 1.54) is 77.9 Å². The summed E-state index contributed by atoms with van der Waals surface area (Å²) in [5.41, 5.74) is 20.0. The first kappa shape index (κ1) is 31.2. The summed E-state index contributed by atoms with van der Waals surface area (Å²) in [5, 5.41) is 0. The maximum absolute atomic E-state index is 5.39. The molecule has 9 aromatic rings. The summed E-state index contributed by atoms with van der Waals surface area (Å²) in [6, 6.07) is 68.3. The van der Waals surface area contributed by atoms with Crippen LogP contribution in [0.3, 0.4) is 0 Å². The van der Waals surface area contributed by atoms with Gasteiger partial charge in [0.15, 0.2) is 17.5 Å². The molecule has 0 aliphatic heterocycles. The summed E-state index contributed by atoms with van der Waals surface area (Å²) in [4.78, 5) is 15.9. The molecule has 3 aliphatic rings. The second-order valence-corrected chi connectivity index (χ2v) is 15.0. The third-order valence-electron chi connectivity index (χ3n) is 12.2. The van der Waals surface area contributed by atoms with Crippen molar-refractivity contribution in [2.75, 3.05) is 0 Å². The van der Waals surface area contributed by atoms with Crippen LogP contribution in [0.4, 0.5) is 0 Å². The highest BCUT2D eigenvalue weighted by atomic mass is 15.0. The van der Waals surface area contributed by atoms with Gasteiger partial charge < -0.3 is 0 Å². The summed E-state index contributed by atoms with van der Waals surface area (Å²) >= 11 is 0. The van der Waals surface area contributed by atoms with Crippen LogP contribution in [-0.4, -0.2) is 15.0 Å². The van der Waals surface area contributed by atoms with Crippen molar-refractivity contribution in [2.45, 2.75) is 11.8 Å². The standard InChI is InChI=1S/C53H33N3/c1-2-15-33(16-3-1)50-54-51(56-52(55-50)44-25-14-18-35-31-34-17-4-5-19-37(34)49(35)44)36-29-30-43-39-21-7-6-20-38(39)40-22-8-11-26-45(40)53(48(43)32-36)46-27-12-9-23-41(46)42-24-10-13-28-47(42)53/h1-30,32H,31H2. The summed E-state index contributed by atoms with van der Waals surface area (Å²) in [7, 11) is 0. The van der Waals surface area contributed by atoms with Crippen molar-refractivity contribution in [3.8, 4) is 78.7 Å². The maximum Gasteiger partial charge on any atom is 0.164 e. The number of nitrogens with zero attached hydrogens (tertiary/aromatic N) is 3. The molecule has 0 N–H and O–H groups in total. The second-order valence-electron chi connectivity index (χ2n) is 15.0. The van der Waals surface area contributed by atoms with Crippen LogP contribution in [-0.2, 0) is 11.8 Å². The van der Waals surface area contributed by atoms with Crippen molar-refractivity contribution in [1.29, 1.82) is 0 Å². The van der Waals surface area contributed by atoms with Gasteiger partial charge in [0.1, 0.15) is 0 Å². The number of hydrogen-bond acceptors (Lipinski definition) is 3. The zero-order valence-corrected chi connectivity index (χ0v) is 30.4. The minimum absolute atomic E-state index is 0.587. The van der Waals surface area contributed by atoms with Crippen LogP contribution in [0.15, 0.2) is 188 Å². The van der Waals surface area contributed by atoms with Crippen LogP contribution in [0.1, 0.15) is 33.4 Å². The van der Waals surface area contributed by atoms with E-state index in [2.05, 4.69) is 170 Å². The first-order chi connectivity index (χ1) is 27.8. The van der Waals surface area contributed by atoms with Gasteiger partial charge >= 0.3 is 0 Å². The minimum Gasteiger partial charge on any atom is -0.208 e. The molecule has 0 atom stereocenters. The molecular formula is C53H33N3. The second kappa shape index (κ2) is 11.9. The molecule has 260 valence electrons. The molecule has 0 amide bonds. The number of aromatic nitrogens is 3. The summed E-state index contributed by atoms with van der Waals surface area (Å²) in [6.07, 6.45) is 0.904. The van der Waals surface area contributed by atoms with E-state index >= 15 is 0 Å². The van der Waals surface area contributed by atoms with E-state index < -0.39 is 5.41 Å². The first-order valence-corrected chi connectivity index (χ1v) is 19.3. The smallest absolute Gasteiger partial charge is 0.164 e. The number of benzene rings is 8. The molecule has 0 saturated carbocycles. The molecule has 1 heterocycles. The lowest BCUT2D eigenvalue weighted by molar-refractivity contribution is 0.775. The molecule has 1 spiro atoms. The van der Waals surface area contributed by atoms with Crippen LogP contribution < -0.4 is 0 Å². The fourth-order valence-electron chi connectivity index (χ4n) is 9.90. The average molecular weight is 712 g/mol. The highest BCUT2D eigenvalue weighted by Gasteiger charge is 2.49. The van der Waals surface area contributed by atoms with Crippen molar-refractivity contribution < 1.29 is 0 Å².